The number of unbranched alkanes of at least 4 members (excludes halogenated alkanes) is 3. The van der Waals surface area contributed by atoms with Crippen LogP contribution in [0.1, 0.15) is 58.3 Å². The second kappa shape index (κ2) is 15.9. The molecule has 22 heavy (non-hydrogen) atoms. The van der Waals surface area contributed by atoms with Crippen molar-refractivity contribution >= 4 is 30.7 Å². The van der Waals surface area contributed by atoms with Gasteiger partial charge in [-0.05, 0) is 64.2 Å². The third-order valence-electron chi connectivity index (χ3n) is 4.21. The zero-order chi connectivity index (χ0) is 14.6. The molecule has 0 aromatic rings. The smallest absolute Gasteiger partial charge is 0.219 e. The van der Waals surface area contributed by atoms with Crippen LogP contribution in [0.2, 0.25) is 0 Å². The van der Waals surface area contributed by atoms with Crippen molar-refractivity contribution in [2.75, 3.05) is 32.7 Å². The second-order valence-electron chi connectivity index (χ2n) is 6.18. The van der Waals surface area contributed by atoms with Crippen LogP contribution in [-0.4, -0.2) is 43.5 Å². The number of hydrogen-bond acceptors (Lipinski definition) is 3. The number of nitrogens with zero attached hydrogens (tertiary/aromatic N) is 1. The summed E-state index contributed by atoms with van der Waals surface area (Å²) in [6, 6.07) is 0. The van der Waals surface area contributed by atoms with Crippen LogP contribution >= 0.6 is 24.8 Å². The standard InChI is InChI=1S/C16H33N3O.2ClH/c1-15-8-13-19(14-9-15)12-6-11-18-16(20)7-4-2-3-5-10-17;;/h15H,2-14,17H2,1H3,(H,18,20);2*1H. The molecule has 1 rings (SSSR count). The Hall–Kier alpha value is -0.0300. The number of halogens is 2. The van der Waals surface area contributed by atoms with Crippen LogP contribution in [-0.2, 0) is 4.79 Å². The summed E-state index contributed by atoms with van der Waals surface area (Å²) < 4.78 is 0. The van der Waals surface area contributed by atoms with E-state index in [0.717, 1.165) is 57.7 Å². The lowest BCUT2D eigenvalue weighted by Crippen LogP contribution is -2.35. The first-order chi connectivity index (χ1) is 9.72. The summed E-state index contributed by atoms with van der Waals surface area (Å²) in [7, 11) is 0. The minimum Gasteiger partial charge on any atom is -0.356 e. The fourth-order valence-corrected chi connectivity index (χ4v) is 2.69. The van der Waals surface area contributed by atoms with E-state index in [1.807, 2.05) is 0 Å². The Morgan fingerprint density at radius 2 is 1.73 bits per heavy atom. The first kappa shape index (κ1) is 24.2. The normalized spacial score (nSPS) is 15.7. The van der Waals surface area contributed by atoms with Gasteiger partial charge in [0, 0.05) is 13.0 Å². The lowest BCUT2D eigenvalue weighted by Gasteiger charge is -2.30. The number of nitrogens with two attached hydrogens (primary N) is 1. The number of likely N-dealkylation sites (tertiary alicyclic amines) is 1. The second-order valence-corrected chi connectivity index (χ2v) is 6.18. The predicted octanol–water partition coefficient (Wildman–Crippen LogP) is 2.98. The molecule has 3 N–H and O–H groups in total. The van der Waals surface area contributed by atoms with Gasteiger partial charge >= 0.3 is 0 Å². The predicted molar refractivity (Wildman–Crippen MR) is 99.1 cm³/mol. The van der Waals surface area contributed by atoms with Gasteiger partial charge in [0.05, 0.1) is 0 Å². The van der Waals surface area contributed by atoms with Gasteiger partial charge in [-0.2, -0.15) is 0 Å². The summed E-state index contributed by atoms with van der Waals surface area (Å²) >= 11 is 0. The van der Waals surface area contributed by atoms with Crippen LogP contribution in [0.5, 0.6) is 0 Å². The summed E-state index contributed by atoms with van der Waals surface area (Å²) in [4.78, 5) is 14.1. The zero-order valence-electron chi connectivity index (χ0n) is 14.0. The van der Waals surface area contributed by atoms with Crippen molar-refractivity contribution in [1.29, 1.82) is 0 Å². The molecule has 0 aliphatic carbocycles. The number of piperidine rings is 1. The highest BCUT2D eigenvalue weighted by Crippen LogP contribution is 2.15. The fraction of sp³-hybridized carbons (Fsp3) is 0.938. The highest BCUT2D eigenvalue weighted by Gasteiger charge is 2.14. The van der Waals surface area contributed by atoms with Crippen LogP contribution in [0.25, 0.3) is 0 Å². The fourth-order valence-electron chi connectivity index (χ4n) is 2.69. The molecule has 0 unspecified atom stereocenters. The third kappa shape index (κ3) is 12.5. The van der Waals surface area contributed by atoms with Gasteiger partial charge in [0.25, 0.3) is 0 Å². The Kier molecular flexibility index (Phi) is 17.5. The van der Waals surface area contributed by atoms with Gasteiger partial charge in [-0.15, -0.1) is 24.8 Å². The largest absolute Gasteiger partial charge is 0.356 e. The van der Waals surface area contributed by atoms with Crippen molar-refractivity contribution in [3.05, 3.63) is 0 Å². The molecule has 0 saturated carbocycles. The van der Waals surface area contributed by atoms with E-state index in [2.05, 4.69) is 17.1 Å². The Labute approximate surface area is 148 Å². The van der Waals surface area contributed by atoms with E-state index in [9.17, 15) is 4.79 Å². The molecule has 0 aromatic heterocycles. The number of hydrogen-bond donors (Lipinski definition) is 2. The number of nitrogens with one attached hydrogen (secondary N) is 1. The topological polar surface area (TPSA) is 58.4 Å². The highest BCUT2D eigenvalue weighted by atomic mass is 35.5. The monoisotopic (exact) mass is 355 g/mol. The number of carbonyl (C=O) groups excluding carboxylic acids is 1. The molecule has 1 fully saturated rings. The minimum atomic E-state index is 0. The Morgan fingerprint density at radius 3 is 2.36 bits per heavy atom. The molecule has 4 nitrogen and oxygen atoms in total. The van der Waals surface area contributed by atoms with Crippen LogP contribution in [0.3, 0.4) is 0 Å². The van der Waals surface area contributed by atoms with E-state index < -0.39 is 0 Å². The zero-order valence-corrected chi connectivity index (χ0v) is 15.7. The van der Waals surface area contributed by atoms with E-state index in [4.69, 9.17) is 5.73 Å². The average Bonchev–Trinajstić information content (AvgIpc) is 2.45. The number of carbonyl (C=O) groups is 1. The van der Waals surface area contributed by atoms with Crippen LogP contribution in [0.15, 0.2) is 0 Å². The lowest BCUT2D eigenvalue weighted by atomic mass is 9.99. The summed E-state index contributed by atoms with van der Waals surface area (Å²) in [6.07, 6.45) is 8.75. The Morgan fingerprint density at radius 1 is 1.09 bits per heavy atom. The molecule has 1 aliphatic heterocycles. The molecule has 0 bridgehead atoms. The molecule has 0 aromatic carbocycles. The molecule has 0 spiro atoms. The van der Waals surface area contributed by atoms with Crippen LogP contribution in [0.4, 0.5) is 0 Å². The SMILES string of the molecule is CC1CCN(CCCNC(=O)CCCCCCN)CC1.Cl.Cl. The van der Waals surface area contributed by atoms with Crippen molar-refractivity contribution < 1.29 is 4.79 Å². The maximum Gasteiger partial charge on any atom is 0.219 e. The Bertz CT molecular complexity index is 260. The maximum absolute atomic E-state index is 11.6. The molecule has 1 saturated heterocycles. The van der Waals surface area contributed by atoms with Crippen molar-refractivity contribution in [2.24, 2.45) is 11.7 Å². The number of rotatable bonds is 10. The average molecular weight is 356 g/mol. The van der Waals surface area contributed by atoms with Crippen LogP contribution in [0, 0.1) is 5.92 Å². The molecule has 1 heterocycles. The van der Waals surface area contributed by atoms with Crippen molar-refractivity contribution in [1.82, 2.24) is 10.2 Å². The molecule has 134 valence electrons. The summed E-state index contributed by atoms with van der Waals surface area (Å²) in [5.74, 6) is 1.11. The first-order valence-corrected chi connectivity index (χ1v) is 8.41. The van der Waals surface area contributed by atoms with Gasteiger partial charge < -0.3 is 16.0 Å². The van der Waals surface area contributed by atoms with E-state index in [-0.39, 0.29) is 30.7 Å². The Balaban J connectivity index is 0. The molecule has 6 heteroatoms. The van der Waals surface area contributed by atoms with E-state index in [0.29, 0.717) is 6.42 Å². The lowest BCUT2D eigenvalue weighted by molar-refractivity contribution is -0.121. The van der Waals surface area contributed by atoms with Gasteiger partial charge in [0.2, 0.25) is 5.91 Å². The molecular formula is C16H35Cl2N3O. The van der Waals surface area contributed by atoms with E-state index in [1.54, 1.807) is 0 Å². The third-order valence-corrected chi connectivity index (χ3v) is 4.21. The minimum absolute atomic E-state index is 0. The maximum atomic E-state index is 11.6. The first-order valence-electron chi connectivity index (χ1n) is 8.41. The van der Waals surface area contributed by atoms with Gasteiger partial charge in [-0.3, -0.25) is 4.79 Å². The van der Waals surface area contributed by atoms with Gasteiger partial charge in [0.1, 0.15) is 0 Å². The van der Waals surface area contributed by atoms with E-state index in [1.165, 1.54) is 25.9 Å². The van der Waals surface area contributed by atoms with Gasteiger partial charge in [-0.25, -0.2) is 0 Å². The quantitative estimate of drug-likeness (QED) is 0.592. The van der Waals surface area contributed by atoms with Gasteiger partial charge in [-0.1, -0.05) is 19.8 Å². The molecule has 0 radical (unpaired) electrons. The summed E-state index contributed by atoms with van der Waals surface area (Å²) in [5.41, 5.74) is 5.44. The highest BCUT2D eigenvalue weighted by molar-refractivity contribution is 5.85. The molecule has 1 amide bonds. The van der Waals surface area contributed by atoms with E-state index >= 15 is 0 Å². The molecule has 0 atom stereocenters. The van der Waals surface area contributed by atoms with Crippen molar-refractivity contribution in [3.8, 4) is 0 Å². The number of amides is 1. The van der Waals surface area contributed by atoms with Crippen molar-refractivity contribution in [2.45, 2.75) is 58.3 Å². The van der Waals surface area contributed by atoms with Crippen LogP contribution < -0.4 is 11.1 Å². The van der Waals surface area contributed by atoms with Gasteiger partial charge in [0.15, 0.2) is 0 Å². The summed E-state index contributed by atoms with van der Waals surface area (Å²) in [5, 5.41) is 3.03. The molecule has 1 aliphatic rings. The summed E-state index contributed by atoms with van der Waals surface area (Å²) in [6.45, 7) is 7.52. The molecular weight excluding hydrogens is 321 g/mol. The van der Waals surface area contributed by atoms with Crippen molar-refractivity contribution in [3.63, 3.8) is 0 Å².